The van der Waals surface area contributed by atoms with Crippen molar-refractivity contribution in [2.24, 2.45) is 0 Å². The Hall–Kier alpha value is -1.15. The van der Waals surface area contributed by atoms with Crippen LogP contribution >= 0.6 is 15.9 Å². The molecule has 0 amide bonds. The van der Waals surface area contributed by atoms with Crippen molar-refractivity contribution in [2.75, 3.05) is 17.1 Å². The molecular weight excluding hydrogens is 341 g/mol. The van der Waals surface area contributed by atoms with Crippen LogP contribution in [0.5, 0.6) is 0 Å². The van der Waals surface area contributed by atoms with Gasteiger partial charge in [-0.2, -0.15) is 0 Å². The first-order valence-electron chi connectivity index (χ1n) is 5.45. The summed E-state index contributed by atoms with van der Waals surface area (Å²) in [5, 5.41) is 0. The minimum atomic E-state index is -3.73. The largest absolute Gasteiger partial charge is 0.466 e. The molecule has 0 bridgehead atoms. The van der Waals surface area contributed by atoms with Crippen LogP contribution in [0.1, 0.15) is 13.3 Å². The molecule has 1 rings (SSSR count). The molecule has 0 unspecified atom stereocenters. The van der Waals surface area contributed by atoms with E-state index in [9.17, 15) is 17.6 Å². The molecule has 5 nitrogen and oxygen atoms in total. The van der Waals surface area contributed by atoms with Crippen molar-refractivity contribution in [1.29, 1.82) is 0 Å². The van der Waals surface area contributed by atoms with Crippen molar-refractivity contribution in [3.63, 3.8) is 0 Å². The Bertz CT molecular complexity index is 562. The van der Waals surface area contributed by atoms with Gasteiger partial charge >= 0.3 is 5.97 Å². The molecule has 0 radical (unpaired) electrons. The molecule has 0 saturated heterocycles. The summed E-state index contributed by atoms with van der Waals surface area (Å²) in [7, 11) is -3.73. The number of sulfonamides is 1. The van der Waals surface area contributed by atoms with E-state index in [0.29, 0.717) is 4.47 Å². The molecule has 1 N–H and O–H groups in total. The van der Waals surface area contributed by atoms with Gasteiger partial charge < -0.3 is 4.74 Å². The van der Waals surface area contributed by atoms with Gasteiger partial charge in [0.25, 0.3) is 0 Å². The summed E-state index contributed by atoms with van der Waals surface area (Å²) in [4.78, 5) is 11.1. The normalized spacial score (nSPS) is 11.1. The Morgan fingerprint density at radius 1 is 1.47 bits per heavy atom. The fourth-order valence-electron chi connectivity index (χ4n) is 1.25. The van der Waals surface area contributed by atoms with E-state index < -0.39 is 27.6 Å². The van der Waals surface area contributed by atoms with E-state index in [2.05, 4.69) is 25.4 Å². The first-order valence-corrected chi connectivity index (χ1v) is 7.89. The molecule has 0 saturated carbocycles. The number of halogens is 2. The predicted octanol–water partition coefficient (Wildman–Crippen LogP) is 2.28. The van der Waals surface area contributed by atoms with Gasteiger partial charge in [0.15, 0.2) is 0 Å². The van der Waals surface area contributed by atoms with E-state index in [0.717, 1.165) is 6.07 Å². The first-order chi connectivity index (χ1) is 8.84. The third-order valence-corrected chi connectivity index (χ3v) is 4.04. The van der Waals surface area contributed by atoms with E-state index in [4.69, 9.17) is 0 Å². The van der Waals surface area contributed by atoms with Crippen LogP contribution in [-0.4, -0.2) is 26.7 Å². The molecule has 0 aliphatic carbocycles. The average Bonchev–Trinajstić information content (AvgIpc) is 2.32. The number of ether oxygens (including phenoxy) is 1. The smallest absolute Gasteiger partial charge is 0.306 e. The maximum Gasteiger partial charge on any atom is 0.306 e. The molecule has 0 fully saturated rings. The SMILES string of the molecule is CCOC(=O)CCS(=O)(=O)Nc1cc(F)ccc1Br. The average molecular weight is 354 g/mol. The number of esters is 1. The number of anilines is 1. The molecule has 106 valence electrons. The lowest BCUT2D eigenvalue weighted by molar-refractivity contribution is -0.142. The van der Waals surface area contributed by atoms with E-state index in [1.807, 2.05) is 0 Å². The summed E-state index contributed by atoms with van der Waals surface area (Å²) < 4.78 is 43.7. The molecule has 0 aliphatic rings. The van der Waals surface area contributed by atoms with Crippen LogP contribution in [0.2, 0.25) is 0 Å². The molecule has 0 aromatic heterocycles. The zero-order valence-corrected chi connectivity index (χ0v) is 12.6. The highest BCUT2D eigenvalue weighted by Gasteiger charge is 2.15. The number of hydrogen-bond donors (Lipinski definition) is 1. The summed E-state index contributed by atoms with van der Waals surface area (Å²) in [5.41, 5.74) is 0.0869. The number of benzene rings is 1. The molecule has 0 atom stereocenters. The van der Waals surface area contributed by atoms with Crippen LogP contribution in [0.25, 0.3) is 0 Å². The zero-order valence-electron chi connectivity index (χ0n) is 10.2. The van der Waals surface area contributed by atoms with Crippen molar-refractivity contribution < 1.29 is 22.3 Å². The molecule has 1 aromatic carbocycles. The lowest BCUT2D eigenvalue weighted by Crippen LogP contribution is -2.20. The lowest BCUT2D eigenvalue weighted by Gasteiger charge is -2.09. The van der Waals surface area contributed by atoms with Gasteiger partial charge in [0.2, 0.25) is 10.0 Å². The van der Waals surface area contributed by atoms with Gasteiger partial charge in [-0.1, -0.05) is 0 Å². The summed E-state index contributed by atoms with van der Waals surface area (Å²) in [6.45, 7) is 1.83. The Morgan fingerprint density at radius 2 is 2.16 bits per heavy atom. The second-order valence-corrected chi connectivity index (χ2v) is 6.30. The number of carbonyl (C=O) groups is 1. The first kappa shape index (κ1) is 15.9. The highest BCUT2D eigenvalue weighted by molar-refractivity contribution is 9.10. The lowest BCUT2D eigenvalue weighted by atomic mass is 10.3. The molecular formula is C11H13BrFNO4S. The van der Waals surface area contributed by atoms with E-state index in [-0.39, 0.29) is 18.7 Å². The summed E-state index contributed by atoms with van der Waals surface area (Å²) >= 11 is 3.10. The van der Waals surface area contributed by atoms with Gasteiger partial charge in [0, 0.05) is 4.47 Å². The summed E-state index contributed by atoms with van der Waals surface area (Å²) in [6.07, 6.45) is -0.254. The highest BCUT2D eigenvalue weighted by Crippen LogP contribution is 2.24. The maximum atomic E-state index is 13.0. The van der Waals surface area contributed by atoms with Crippen molar-refractivity contribution in [1.82, 2.24) is 0 Å². The quantitative estimate of drug-likeness (QED) is 0.796. The van der Waals surface area contributed by atoms with Gasteiger partial charge in [-0.3, -0.25) is 9.52 Å². The summed E-state index contributed by atoms with van der Waals surface area (Å²) in [6, 6.07) is 3.63. The maximum absolute atomic E-state index is 13.0. The number of hydrogen-bond acceptors (Lipinski definition) is 4. The topological polar surface area (TPSA) is 72.5 Å². The van der Waals surface area contributed by atoms with Crippen LogP contribution in [0.15, 0.2) is 22.7 Å². The van der Waals surface area contributed by atoms with Gasteiger partial charge in [0.1, 0.15) is 5.82 Å². The van der Waals surface area contributed by atoms with E-state index >= 15 is 0 Å². The third-order valence-electron chi connectivity index (χ3n) is 2.07. The molecule has 0 aliphatic heterocycles. The number of rotatable bonds is 6. The van der Waals surface area contributed by atoms with Crippen molar-refractivity contribution in [3.8, 4) is 0 Å². The minimum Gasteiger partial charge on any atom is -0.466 e. The highest BCUT2D eigenvalue weighted by atomic mass is 79.9. The second-order valence-electron chi connectivity index (χ2n) is 3.60. The van der Waals surface area contributed by atoms with E-state index in [1.54, 1.807) is 6.92 Å². The molecule has 19 heavy (non-hydrogen) atoms. The standard InChI is InChI=1S/C11H13BrFNO4S/c1-2-18-11(15)5-6-19(16,17)14-10-7-8(13)3-4-9(10)12/h3-4,7,14H,2,5-6H2,1H3. The number of nitrogens with one attached hydrogen (secondary N) is 1. The fraction of sp³-hybridized carbons (Fsp3) is 0.364. The van der Waals surface area contributed by atoms with Crippen LogP contribution < -0.4 is 4.72 Å². The monoisotopic (exact) mass is 353 g/mol. The van der Waals surface area contributed by atoms with Crippen LogP contribution in [-0.2, 0) is 19.6 Å². The molecule has 8 heteroatoms. The van der Waals surface area contributed by atoms with Gasteiger partial charge in [-0.05, 0) is 41.1 Å². The van der Waals surface area contributed by atoms with Crippen molar-refractivity contribution >= 4 is 37.6 Å². The molecule has 0 spiro atoms. The Kier molecular flexibility index (Phi) is 5.74. The van der Waals surface area contributed by atoms with Crippen molar-refractivity contribution in [2.45, 2.75) is 13.3 Å². The molecule has 1 aromatic rings. The Labute approximate surface area is 119 Å². The number of carbonyl (C=O) groups excluding carboxylic acids is 1. The van der Waals surface area contributed by atoms with Gasteiger partial charge in [-0.15, -0.1) is 0 Å². The second kappa shape index (κ2) is 6.85. The van der Waals surface area contributed by atoms with E-state index in [1.165, 1.54) is 12.1 Å². The summed E-state index contributed by atoms with van der Waals surface area (Å²) in [5.74, 6) is -1.58. The zero-order chi connectivity index (χ0) is 14.5. The third kappa shape index (κ3) is 5.56. The molecule has 0 heterocycles. The Morgan fingerprint density at radius 3 is 2.79 bits per heavy atom. The Balaban J connectivity index is 2.69. The van der Waals surface area contributed by atoms with Crippen LogP contribution in [0, 0.1) is 5.82 Å². The van der Waals surface area contributed by atoms with Crippen LogP contribution in [0.4, 0.5) is 10.1 Å². The van der Waals surface area contributed by atoms with Crippen molar-refractivity contribution in [3.05, 3.63) is 28.5 Å². The van der Waals surface area contributed by atoms with Crippen LogP contribution in [0.3, 0.4) is 0 Å². The van der Waals surface area contributed by atoms with Gasteiger partial charge in [-0.25, -0.2) is 12.8 Å². The fourth-order valence-corrected chi connectivity index (χ4v) is 2.76. The minimum absolute atomic E-state index is 0.0869. The van der Waals surface area contributed by atoms with Gasteiger partial charge in [0.05, 0.1) is 24.5 Å². The predicted molar refractivity (Wildman–Crippen MR) is 72.8 cm³/mol.